The van der Waals surface area contributed by atoms with Gasteiger partial charge in [0, 0.05) is 5.57 Å². The molecule has 0 spiro atoms. The third kappa shape index (κ3) is 5.04. The minimum atomic E-state index is 0.0718. The maximum atomic E-state index is 10.5. The molecule has 0 atom stereocenters. The molecular formula is C9H14O. The van der Waals surface area contributed by atoms with Crippen molar-refractivity contribution < 1.29 is 4.79 Å². The molecule has 0 aliphatic carbocycles. The largest absolute Gasteiger partial charge is 0.295 e. The zero-order chi connectivity index (χ0) is 8.57. The third-order valence-corrected chi connectivity index (χ3v) is 0.937. The van der Waals surface area contributed by atoms with E-state index in [2.05, 4.69) is 19.7 Å². The Morgan fingerprint density at radius 3 is 1.80 bits per heavy atom. The van der Waals surface area contributed by atoms with Crippen LogP contribution in [0.25, 0.3) is 0 Å². The highest BCUT2D eigenvalue weighted by atomic mass is 16.1. The van der Waals surface area contributed by atoms with E-state index in [1.807, 2.05) is 6.92 Å². The highest BCUT2D eigenvalue weighted by Gasteiger charge is 1.92. The van der Waals surface area contributed by atoms with Gasteiger partial charge in [-0.3, -0.25) is 4.79 Å². The van der Waals surface area contributed by atoms with Gasteiger partial charge in [-0.05, 0) is 13.8 Å². The van der Waals surface area contributed by atoms with E-state index in [4.69, 9.17) is 0 Å². The number of hydrogen-bond donors (Lipinski definition) is 0. The van der Waals surface area contributed by atoms with E-state index in [1.54, 1.807) is 12.2 Å². The first-order valence-electron chi connectivity index (χ1n) is 3.02. The number of hydrogen-bond acceptors (Lipinski definition) is 1. The van der Waals surface area contributed by atoms with Crippen molar-refractivity contribution in [3.8, 4) is 0 Å². The van der Waals surface area contributed by atoms with Gasteiger partial charge in [0.15, 0.2) is 5.78 Å². The molecule has 0 aliphatic rings. The number of rotatable bonds is 2. The summed E-state index contributed by atoms with van der Waals surface area (Å²) in [4.78, 5) is 10.5. The lowest BCUT2D eigenvalue weighted by Crippen LogP contribution is -1.90. The smallest absolute Gasteiger partial charge is 0.159 e. The molecule has 1 heteroatoms. The number of ketones is 1. The molecular weight excluding hydrogens is 124 g/mol. The number of Topliss-reactive ketones (excluding diaryl/α,β-unsaturated/α-hetero) is 1. The fourth-order valence-electron chi connectivity index (χ4n) is 0.465. The van der Waals surface area contributed by atoms with Gasteiger partial charge < -0.3 is 0 Å². The molecule has 0 aliphatic heterocycles. The first-order valence-corrected chi connectivity index (χ1v) is 3.02. The summed E-state index contributed by atoms with van der Waals surface area (Å²) in [6.45, 7) is 12.8. The molecule has 0 saturated heterocycles. The molecule has 0 unspecified atom stereocenters. The standard InChI is InChI=1S/C7H10O.C2H4/c1-4-7(5-2)6(3)8;1-2/h4-5H,1H2,2-3H3;1-2H2/b7-5+;. The van der Waals surface area contributed by atoms with Gasteiger partial charge in [0.25, 0.3) is 0 Å². The third-order valence-electron chi connectivity index (χ3n) is 0.937. The summed E-state index contributed by atoms with van der Waals surface area (Å²) in [5.41, 5.74) is 0.685. The van der Waals surface area contributed by atoms with Crippen LogP contribution in [0.5, 0.6) is 0 Å². The van der Waals surface area contributed by atoms with E-state index in [0.717, 1.165) is 0 Å². The average Bonchev–Trinajstić information content (AvgIpc) is 1.94. The van der Waals surface area contributed by atoms with Crippen molar-refractivity contribution in [2.24, 2.45) is 0 Å². The minimum absolute atomic E-state index is 0.0718. The Bertz CT molecular complexity index is 143. The average molecular weight is 138 g/mol. The van der Waals surface area contributed by atoms with E-state index in [-0.39, 0.29) is 5.78 Å². The maximum absolute atomic E-state index is 10.5. The Morgan fingerprint density at radius 1 is 1.40 bits per heavy atom. The van der Waals surface area contributed by atoms with E-state index >= 15 is 0 Å². The summed E-state index contributed by atoms with van der Waals surface area (Å²) < 4.78 is 0. The van der Waals surface area contributed by atoms with Crippen molar-refractivity contribution in [2.75, 3.05) is 0 Å². The molecule has 0 fully saturated rings. The Kier molecular flexibility index (Phi) is 9.20. The first-order chi connectivity index (χ1) is 4.72. The highest BCUT2D eigenvalue weighted by Crippen LogP contribution is 1.94. The normalized spacial score (nSPS) is 9.20. The summed E-state index contributed by atoms with van der Waals surface area (Å²) in [5, 5.41) is 0. The molecule has 0 N–H and O–H groups in total. The molecule has 0 aromatic rings. The predicted molar refractivity (Wildman–Crippen MR) is 45.9 cm³/mol. The zero-order valence-electron chi connectivity index (χ0n) is 6.68. The molecule has 0 rings (SSSR count). The van der Waals surface area contributed by atoms with Gasteiger partial charge in [-0.25, -0.2) is 0 Å². The van der Waals surface area contributed by atoms with Gasteiger partial charge in [0.1, 0.15) is 0 Å². The van der Waals surface area contributed by atoms with Crippen LogP contribution in [0.3, 0.4) is 0 Å². The Hall–Kier alpha value is -1.11. The second kappa shape index (κ2) is 7.89. The van der Waals surface area contributed by atoms with E-state index in [9.17, 15) is 4.79 Å². The molecule has 10 heavy (non-hydrogen) atoms. The summed E-state index contributed by atoms with van der Waals surface area (Å²) in [5.74, 6) is 0.0718. The van der Waals surface area contributed by atoms with Crippen LogP contribution >= 0.6 is 0 Å². The Morgan fingerprint density at radius 2 is 1.80 bits per heavy atom. The lowest BCUT2D eigenvalue weighted by atomic mass is 10.2. The van der Waals surface area contributed by atoms with Gasteiger partial charge in [-0.2, -0.15) is 0 Å². The first kappa shape index (κ1) is 11.7. The van der Waals surface area contributed by atoms with Gasteiger partial charge in [-0.1, -0.05) is 18.7 Å². The van der Waals surface area contributed by atoms with Crippen LogP contribution in [-0.4, -0.2) is 5.78 Å². The van der Waals surface area contributed by atoms with Crippen LogP contribution in [0.2, 0.25) is 0 Å². The Balaban J connectivity index is 0. The molecule has 1 nitrogen and oxygen atoms in total. The van der Waals surface area contributed by atoms with Crippen molar-refractivity contribution in [3.05, 3.63) is 37.5 Å². The lowest BCUT2D eigenvalue weighted by Gasteiger charge is -1.88. The van der Waals surface area contributed by atoms with E-state index < -0.39 is 0 Å². The molecule has 0 radical (unpaired) electrons. The molecule has 0 aromatic heterocycles. The molecule has 56 valence electrons. The zero-order valence-corrected chi connectivity index (χ0v) is 6.68. The summed E-state index contributed by atoms with van der Waals surface area (Å²) in [6.07, 6.45) is 3.30. The van der Waals surface area contributed by atoms with Crippen LogP contribution < -0.4 is 0 Å². The van der Waals surface area contributed by atoms with Crippen molar-refractivity contribution >= 4 is 5.78 Å². The van der Waals surface area contributed by atoms with Crippen LogP contribution in [0.15, 0.2) is 37.5 Å². The quantitative estimate of drug-likeness (QED) is 0.325. The van der Waals surface area contributed by atoms with Gasteiger partial charge in [0.05, 0.1) is 0 Å². The van der Waals surface area contributed by atoms with Gasteiger partial charge in [0.2, 0.25) is 0 Å². The molecule has 0 saturated carbocycles. The second-order valence-electron chi connectivity index (χ2n) is 1.50. The van der Waals surface area contributed by atoms with E-state index in [0.29, 0.717) is 5.57 Å². The summed E-state index contributed by atoms with van der Waals surface area (Å²) in [7, 11) is 0. The summed E-state index contributed by atoms with van der Waals surface area (Å²) >= 11 is 0. The molecule has 0 amide bonds. The van der Waals surface area contributed by atoms with Crippen molar-refractivity contribution in [2.45, 2.75) is 13.8 Å². The van der Waals surface area contributed by atoms with Crippen LogP contribution in [0.1, 0.15) is 13.8 Å². The summed E-state index contributed by atoms with van der Waals surface area (Å²) in [6, 6.07) is 0. The van der Waals surface area contributed by atoms with Crippen LogP contribution in [0.4, 0.5) is 0 Å². The molecule has 0 heterocycles. The number of allylic oxidation sites excluding steroid dienone is 3. The monoisotopic (exact) mass is 138 g/mol. The van der Waals surface area contributed by atoms with Crippen LogP contribution in [-0.2, 0) is 4.79 Å². The maximum Gasteiger partial charge on any atom is 0.159 e. The second-order valence-corrected chi connectivity index (χ2v) is 1.50. The number of carbonyl (C=O) groups is 1. The highest BCUT2D eigenvalue weighted by molar-refractivity contribution is 5.95. The minimum Gasteiger partial charge on any atom is -0.295 e. The lowest BCUT2D eigenvalue weighted by molar-refractivity contribution is -0.113. The topological polar surface area (TPSA) is 17.1 Å². The molecule has 0 aromatic carbocycles. The van der Waals surface area contributed by atoms with Crippen molar-refractivity contribution in [1.29, 1.82) is 0 Å². The predicted octanol–water partition coefficient (Wildman–Crippen LogP) is 2.51. The van der Waals surface area contributed by atoms with Crippen molar-refractivity contribution in [3.63, 3.8) is 0 Å². The Labute approximate surface area is 62.8 Å². The van der Waals surface area contributed by atoms with Crippen molar-refractivity contribution in [1.82, 2.24) is 0 Å². The fourth-order valence-corrected chi connectivity index (χ4v) is 0.465. The van der Waals surface area contributed by atoms with Gasteiger partial charge >= 0.3 is 0 Å². The SMILES string of the molecule is C=C.C=C/C(=C\C)C(C)=O. The molecule has 0 bridgehead atoms. The van der Waals surface area contributed by atoms with Gasteiger partial charge in [-0.15, -0.1) is 13.2 Å². The fraction of sp³-hybridized carbons (Fsp3) is 0.222. The van der Waals surface area contributed by atoms with E-state index in [1.165, 1.54) is 6.92 Å². The van der Waals surface area contributed by atoms with Crippen LogP contribution in [0, 0.1) is 0 Å². The number of carbonyl (C=O) groups excluding carboxylic acids is 1.